The third kappa shape index (κ3) is 2.84. The molecule has 1 aliphatic heterocycles. The van der Waals surface area contributed by atoms with E-state index >= 15 is 0 Å². The van der Waals surface area contributed by atoms with Crippen molar-refractivity contribution in [2.45, 2.75) is 6.04 Å². The Hall–Kier alpha value is -1.27. The van der Waals surface area contributed by atoms with Crippen molar-refractivity contribution in [2.24, 2.45) is 0 Å². The van der Waals surface area contributed by atoms with Gasteiger partial charge in [-0.15, -0.1) is 11.8 Å². The predicted octanol–water partition coefficient (Wildman–Crippen LogP) is 1.34. The van der Waals surface area contributed by atoms with Crippen LogP contribution in [-0.4, -0.2) is 58.4 Å². The fourth-order valence-electron chi connectivity index (χ4n) is 1.85. The number of halogens is 1. The maximum Gasteiger partial charge on any atom is 0.258 e. The summed E-state index contributed by atoms with van der Waals surface area (Å²) in [6.45, 7) is 0. The Morgan fingerprint density at radius 1 is 1.53 bits per heavy atom. The lowest BCUT2D eigenvalue weighted by molar-refractivity contribution is -0.132. The Bertz CT molecular complexity index is 510. The minimum atomic E-state index is -0.427. The van der Waals surface area contributed by atoms with Crippen LogP contribution in [0.5, 0.6) is 0 Å². The molecule has 0 bridgehead atoms. The van der Waals surface area contributed by atoms with Gasteiger partial charge >= 0.3 is 0 Å². The smallest absolute Gasteiger partial charge is 0.258 e. The number of aromatic nitrogens is 1. The van der Waals surface area contributed by atoms with E-state index < -0.39 is 6.04 Å². The van der Waals surface area contributed by atoms with Gasteiger partial charge in [-0.05, 0) is 12.1 Å². The summed E-state index contributed by atoms with van der Waals surface area (Å²) in [5.74, 6) is 0.788. The zero-order chi connectivity index (χ0) is 14.0. The SMILES string of the molecule is CN(C)C(=O)[C@@H]1CSCN1C(=O)c1cccnc1Cl. The summed E-state index contributed by atoms with van der Waals surface area (Å²) < 4.78 is 0. The normalized spacial score (nSPS) is 18.5. The number of hydrogen-bond acceptors (Lipinski definition) is 4. The van der Waals surface area contributed by atoms with Crippen LogP contribution in [0.2, 0.25) is 5.15 Å². The average Bonchev–Trinajstić information content (AvgIpc) is 2.86. The van der Waals surface area contributed by atoms with Crippen molar-refractivity contribution in [3.8, 4) is 0 Å². The van der Waals surface area contributed by atoms with E-state index in [4.69, 9.17) is 11.6 Å². The summed E-state index contributed by atoms with van der Waals surface area (Å²) in [6, 6.07) is 2.85. The Balaban J connectivity index is 2.24. The average molecular weight is 300 g/mol. The van der Waals surface area contributed by atoms with Crippen LogP contribution in [-0.2, 0) is 4.79 Å². The van der Waals surface area contributed by atoms with Gasteiger partial charge in [0.2, 0.25) is 5.91 Å². The molecule has 2 amide bonds. The van der Waals surface area contributed by atoms with Gasteiger partial charge in [0.05, 0.1) is 11.4 Å². The van der Waals surface area contributed by atoms with Gasteiger partial charge in [-0.1, -0.05) is 11.6 Å². The van der Waals surface area contributed by atoms with Crippen molar-refractivity contribution in [3.05, 3.63) is 29.0 Å². The zero-order valence-corrected chi connectivity index (χ0v) is 12.2. The van der Waals surface area contributed by atoms with Crippen LogP contribution in [0.1, 0.15) is 10.4 Å². The van der Waals surface area contributed by atoms with Gasteiger partial charge in [0.1, 0.15) is 11.2 Å². The van der Waals surface area contributed by atoms with Gasteiger partial charge in [-0.2, -0.15) is 0 Å². The molecule has 1 fully saturated rings. The molecule has 1 saturated heterocycles. The Morgan fingerprint density at radius 3 is 2.89 bits per heavy atom. The van der Waals surface area contributed by atoms with E-state index in [0.717, 1.165) is 0 Å². The number of amides is 2. The van der Waals surface area contributed by atoms with Crippen LogP contribution in [0.3, 0.4) is 0 Å². The molecule has 1 aliphatic rings. The molecule has 0 radical (unpaired) electrons. The van der Waals surface area contributed by atoms with Crippen LogP contribution in [0, 0.1) is 0 Å². The predicted molar refractivity (Wildman–Crippen MR) is 75.2 cm³/mol. The van der Waals surface area contributed by atoms with Gasteiger partial charge in [0, 0.05) is 26.0 Å². The fraction of sp³-hybridized carbons (Fsp3) is 0.417. The molecular weight excluding hydrogens is 286 g/mol. The highest BCUT2D eigenvalue weighted by atomic mass is 35.5. The number of carbonyl (C=O) groups is 2. The van der Waals surface area contributed by atoms with Crippen molar-refractivity contribution < 1.29 is 9.59 Å². The lowest BCUT2D eigenvalue weighted by Crippen LogP contribution is -2.46. The van der Waals surface area contributed by atoms with E-state index in [2.05, 4.69) is 4.98 Å². The van der Waals surface area contributed by atoms with Gasteiger partial charge in [-0.25, -0.2) is 4.98 Å². The molecule has 1 aromatic heterocycles. The van der Waals surface area contributed by atoms with E-state index in [-0.39, 0.29) is 17.0 Å². The summed E-state index contributed by atoms with van der Waals surface area (Å²) in [4.78, 5) is 31.4. The second-order valence-electron chi connectivity index (χ2n) is 4.37. The van der Waals surface area contributed by atoms with Crippen molar-refractivity contribution in [3.63, 3.8) is 0 Å². The quantitative estimate of drug-likeness (QED) is 0.773. The first-order valence-electron chi connectivity index (χ1n) is 5.72. The molecule has 1 aromatic rings. The highest BCUT2D eigenvalue weighted by Crippen LogP contribution is 2.25. The maximum absolute atomic E-state index is 12.4. The Morgan fingerprint density at radius 2 is 2.26 bits per heavy atom. The highest BCUT2D eigenvalue weighted by Gasteiger charge is 2.36. The third-order valence-corrected chi connectivity index (χ3v) is 4.17. The molecule has 5 nitrogen and oxygen atoms in total. The number of hydrogen-bond donors (Lipinski definition) is 0. The summed E-state index contributed by atoms with van der Waals surface area (Å²) in [6.07, 6.45) is 1.53. The molecule has 0 spiro atoms. The summed E-state index contributed by atoms with van der Waals surface area (Å²) in [5, 5.41) is 0.167. The van der Waals surface area contributed by atoms with Gasteiger partial charge in [-0.3, -0.25) is 9.59 Å². The minimum absolute atomic E-state index is 0.0710. The Labute approximate surface area is 120 Å². The third-order valence-electron chi connectivity index (χ3n) is 2.86. The number of pyridine rings is 1. The largest absolute Gasteiger partial charge is 0.347 e. The zero-order valence-electron chi connectivity index (χ0n) is 10.7. The Kier molecular flexibility index (Phi) is 4.31. The van der Waals surface area contributed by atoms with E-state index in [0.29, 0.717) is 17.2 Å². The topological polar surface area (TPSA) is 53.5 Å². The van der Waals surface area contributed by atoms with E-state index in [1.807, 2.05) is 0 Å². The molecule has 1 atom stereocenters. The molecule has 0 aromatic carbocycles. The van der Waals surface area contributed by atoms with Gasteiger partial charge in [0.25, 0.3) is 5.91 Å². The van der Waals surface area contributed by atoms with Crippen molar-refractivity contribution in [1.82, 2.24) is 14.8 Å². The van der Waals surface area contributed by atoms with Crippen LogP contribution in [0.25, 0.3) is 0 Å². The number of thioether (sulfide) groups is 1. The second-order valence-corrected chi connectivity index (χ2v) is 5.72. The van der Waals surface area contributed by atoms with Crippen molar-refractivity contribution in [1.29, 1.82) is 0 Å². The van der Waals surface area contributed by atoms with Crippen molar-refractivity contribution >= 4 is 35.2 Å². The molecule has 2 heterocycles. The minimum Gasteiger partial charge on any atom is -0.347 e. The molecular formula is C12H14ClN3O2S. The monoisotopic (exact) mass is 299 g/mol. The van der Waals surface area contributed by atoms with Crippen LogP contribution < -0.4 is 0 Å². The molecule has 0 aliphatic carbocycles. The first-order valence-corrected chi connectivity index (χ1v) is 7.26. The van der Waals surface area contributed by atoms with E-state index in [1.54, 1.807) is 42.9 Å². The maximum atomic E-state index is 12.4. The van der Waals surface area contributed by atoms with Gasteiger partial charge < -0.3 is 9.80 Å². The number of likely N-dealkylation sites (N-methyl/N-ethyl adjacent to an activating group) is 1. The lowest BCUT2D eigenvalue weighted by Gasteiger charge is -2.25. The lowest BCUT2D eigenvalue weighted by atomic mass is 10.2. The van der Waals surface area contributed by atoms with Crippen molar-refractivity contribution in [2.75, 3.05) is 25.7 Å². The van der Waals surface area contributed by atoms with Crippen LogP contribution in [0.4, 0.5) is 0 Å². The van der Waals surface area contributed by atoms with E-state index in [1.165, 1.54) is 11.1 Å². The number of rotatable bonds is 2. The first-order chi connectivity index (χ1) is 9.02. The summed E-state index contributed by atoms with van der Waals surface area (Å²) in [7, 11) is 3.37. The van der Waals surface area contributed by atoms with Crippen LogP contribution in [0.15, 0.2) is 18.3 Å². The number of nitrogens with zero attached hydrogens (tertiary/aromatic N) is 3. The van der Waals surface area contributed by atoms with E-state index in [9.17, 15) is 9.59 Å². The van der Waals surface area contributed by atoms with Gasteiger partial charge in [0.15, 0.2) is 0 Å². The standard InChI is InChI=1S/C12H14ClN3O2S/c1-15(2)12(18)9-6-19-7-16(9)11(17)8-4-3-5-14-10(8)13/h3-5,9H,6-7H2,1-2H3/t9-/m0/s1. The highest BCUT2D eigenvalue weighted by molar-refractivity contribution is 7.99. The molecule has 0 saturated carbocycles. The molecule has 0 N–H and O–H groups in total. The molecule has 2 rings (SSSR count). The molecule has 102 valence electrons. The molecule has 0 unspecified atom stereocenters. The fourth-order valence-corrected chi connectivity index (χ4v) is 3.19. The summed E-state index contributed by atoms with van der Waals surface area (Å²) >= 11 is 7.49. The first kappa shape index (κ1) is 14.1. The number of carbonyl (C=O) groups excluding carboxylic acids is 2. The van der Waals surface area contributed by atoms with Crippen LogP contribution >= 0.6 is 23.4 Å². The second kappa shape index (κ2) is 5.79. The molecule has 19 heavy (non-hydrogen) atoms. The summed E-state index contributed by atoms with van der Waals surface area (Å²) in [5.41, 5.74) is 0.336. The molecule has 7 heteroatoms.